The average Bonchev–Trinajstić information content (AvgIpc) is 2.18. The molecule has 82 valence electrons. The second-order valence-electron chi connectivity index (χ2n) is 3.16. The zero-order valence-corrected chi connectivity index (χ0v) is 9.74. The van der Waals surface area contributed by atoms with Gasteiger partial charge in [-0.05, 0) is 24.3 Å². The number of hydrogen-bond donors (Lipinski definition) is 1. The van der Waals surface area contributed by atoms with Crippen molar-refractivity contribution in [3.63, 3.8) is 0 Å². The van der Waals surface area contributed by atoms with E-state index in [2.05, 4.69) is 15.9 Å². The maximum Gasteiger partial charge on any atom is 0.340 e. The van der Waals surface area contributed by atoms with Crippen LogP contribution in [0.3, 0.4) is 0 Å². The van der Waals surface area contributed by atoms with E-state index >= 15 is 0 Å². The Labute approximate surface area is 95.6 Å². The highest BCUT2D eigenvalue weighted by atomic mass is 79.9. The van der Waals surface area contributed by atoms with Gasteiger partial charge in [-0.2, -0.15) is 0 Å². The van der Waals surface area contributed by atoms with Crippen molar-refractivity contribution in [1.29, 1.82) is 0 Å². The fraction of sp³-hybridized carbons (Fsp3) is 0.300. The summed E-state index contributed by atoms with van der Waals surface area (Å²) in [4.78, 5) is 11.9. The van der Waals surface area contributed by atoms with Gasteiger partial charge in [0.1, 0.15) is 0 Å². The van der Waals surface area contributed by atoms with Crippen molar-refractivity contribution >= 4 is 27.6 Å². The molecule has 5 heteroatoms. The maximum absolute atomic E-state index is 12.9. The van der Waals surface area contributed by atoms with Gasteiger partial charge >= 0.3 is 5.97 Å². The van der Waals surface area contributed by atoms with Gasteiger partial charge in [-0.1, -0.05) is 15.9 Å². The Morgan fingerprint density at radius 3 is 2.53 bits per heavy atom. The molecule has 1 aromatic rings. The van der Waals surface area contributed by atoms with E-state index < -0.39 is 12.1 Å². The van der Waals surface area contributed by atoms with Gasteiger partial charge in [-0.25, -0.2) is 9.18 Å². The van der Waals surface area contributed by atoms with Gasteiger partial charge in [0.2, 0.25) is 6.17 Å². The van der Waals surface area contributed by atoms with E-state index in [1.807, 2.05) is 12.1 Å². The first-order chi connectivity index (χ1) is 7.00. The van der Waals surface area contributed by atoms with Crippen molar-refractivity contribution in [2.45, 2.75) is 6.17 Å². The molecule has 1 atom stereocenters. The van der Waals surface area contributed by atoms with Crippen LogP contribution in [-0.4, -0.2) is 30.8 Å². The lowest BCUT2D eigenvalue weighted by Crippen LogP contribution is -2.31. The van der Waals surface area contributed by atoms with Gasteiger partial charge in [0.05, 0.1) is 6.54 Å². The fourth-order valence-electron chi connectivity index (χ4n) is 1.12. The number of hydrogen-bond acceptors (Lipinski definition) is 2. The third-order valence-corrected chi connectivity index (χ3v) is 2.50. The minimum Gasteiger partial charge on any atom is -0.479 e. The SMILES string of the molecule is CN(CC(F)C(=O)O)c1ccc(Br)cc1. The van der Waals surface area contributed by atoms with Crippen LogP contribution in [0.2, 0.25) is 0 Å². The van der Waals surface area contributed by atoms with Crippen molar-refractivity contribution in [1.82, 2.24) is 0 Å². The smallest absolute Gasteiger partial charge is 0.340 e. The third kappa shape index (κ3) is 3.51. The first kappa shape index (κ1) is 12.0. The summed E-state index contributed by atoms with van der Waals surface area (Å²) in [6, 6.07) is 7.22. The minimum absolute atomic E-state index is 0.156. The van der Waals surface area contributed by atoms with Gasteiger partial charge in [0.15, 0.2) is 0 Å². The topological polar surface area (TPSA) is 40.5 Å². The number of rotatable bonds is 4. The quantitative estimate of drug-likeness (QED) is 0.917. The molecule has 0 aromatic heterocycles. The van der Waals surface area contributed by atoms with Gasteiger partial charge in [0.25, 0.3) is 0 Å². The average molecular weight is 276 g/mol. The number of anilines is 1. The van der Waals surface area contributed by atoms with E-state index in [0.29, 0.717) is 0 Å². The molecule has 0 saturated carbocycles. The molecule has 0 bridgehead atoms. The highest BCUT2D eigenvalue weighted by Gasteiger charge is 2.17. The Balaban J connectivity index is 2.64. The van der Waals surface area contributed by atoms with Crippen LogP contribution in [0, 0.1) is 0 Å². The second kappa shape index (κ2) is 5.11. The Kier molecular flexibility index (Phi) is 4.08. The van der Waals surface area contributed by atoms with Crippen LogP contribution in [-0.2, 0) is 4.79 Å². The van der Waals surface area contributed by atoms with Crippen LogP contribution in [0.4, 0.5) is 10.1 Å². The Bertz CT molecular complexity index is 342. The van der Waals surface area contributed by atoms with Crippen LogP contribution in [0.5, 0.6) is 0 Å². The van der Waals surface area contributed by atoms with E-state index in [-0.39, 0.29) is 6.54 Å². The van der Waals surface area contributed by atoms with Crippen molar-refractivity contribution in [2.24, 2.45) is 0 Å². The summed E-state index contributed by atoms with van der Waals surface area (Å²) >= 11 is 3.28. The summed E-state index contributed by atoms with van der Waals surface area (Å²) in [5.74, 6) is -1.43. The molecule has 0 spiro atoms. The van der Waals surface area contributed by atoms with Crippen molar-refractivity contribution in [3.8, 4) is 0 Å². The highest BCUT2D eigenvalue weighted by molar-refractivity contribution is 9.10. The van der Waals surface area contributed by atoms with Crippen LogP contribution in [0.15, 0.2) is 28.7 Å². The summed E-state index contributed by atoms with van der Waals surface area (Å²) in [7, 11) is 1.65. The Morgan fingerprint density at radius 1 is 1.53 bits per heavy atom. The number of halogens is 2. The predicted molar refractivity (Wildman–Crippen MR) is 59.9 cm³/mol. The number of aliphatic carboxylic acids is 1. The molecular formula is C10H11BrFNO2. The Hall–Kier alpha value is -1.10. The van der Waals surface area contributed by atoms with Crippen molar-refractivity contribution in [3.05, 3.63) is 28.7 Å². The molecule has 0 saturated heterocycles. The summed E-state index contributed by atoms with van der Waals surface area (Å²) in [6.07, 6.45) is -1.86. The molecule has 0 heterocycles. The lowest BCUT2D eigenvalue weighted by atomic mass is 10.3. The van der Waals surface area contributed by atoms with Crippen molar-refractivity contribution < 1.29 is 14.3 Å². The summed E-state index contributed by atoms with van der Waals surface area (Å²) in [5.41, 5.74) is 0.780. The molecule has 0 fully saturated rings. The molecule has 1 N–H and O–H groups in total. The van der Waals surface area contributed by atoms with E-state index in [1.165, 1.54) is 0 Å². The molecule has 3 nitrogen and oxygen atoms in total. The monoisotopic (exact) mass is 275 g/mol. The summed E-state index contributed by atoms with van der Waals surface area (Å²) < 4.78 is 13.8. The zero-order valence-electron chi connectivity index (χ0n) is 8.15. The molecule has 0 aliphatic rings. The van der Waals surface area contributed by atoms with Crippen LogP contribution in [0.1, 0.15) is 0 Å². The van der Waals surface area contributed by atoms with Gasteiger partial charge in [-0.3, -0.25) is 0 Å². The maximum atomic E-state index is 12.9. The molecule has 1 unspecified atom stereocenters. The van der Waals surface area contributed by atoms with Crippen molar-refractivity contribution in [2.75, 3.05) is 18.5 Å². The second-order valence-corrected chi connectivity index (χ2v) is 4.08. The largest absolute Gasteiger partial charge is 0.479 e. The lowest BCUT2D eigenvalue weighted by Gasteiger charge is -2.19. The first-order valence-electron chi connectivity index (χ1n) is 4.34. The van der Waals surface area contributed by atoms with E-state index in [4.69, 9.17) is 5.11 Å². The number of carboxylic acid groups (broad SMARTS) is 1. The normalized spacial score (nSPS) is 12.2. The number of benzene rings is 1. The molecule has 1 aromatic carbocycles. The molecule has 0 amide bonds. The minimum atomic E-state index is -1.86. The first-order valence-corrected chi connectivity index (χ1v) is 5.13. The molecule has 15 heavy (non-hydrogen) atoms. The molecule has 0 aliphatic carbocycles. The summed E-state index contributed by atoms with van der Waals surface area (Å²) in [6.45, 7) is -0.156. The molecule has 1 rings (SSSR count). The van der Waals surface area contributed by atoms with E-state index in [9.17, 15) is 9.18 Å². The van der Waals surface area contributed by atoms with Crippen LogP contribution < -0.4 is 4.90 Å². The fourth-order valence-corrected chi connectivity index (χ4v) is 1.38. The number of nitrogens with zero attached hydrogens (tertiary/aromatic N) is 1. The number of alkyl halides is 1. The highest BCUT2D eigenvalue weighted by Crippen LogP contribution is 2.17. The number of carbonyl (C=O) groups is 1. The third-order valence-electron chi connectivity index (χ3n) is 1.97. The van der Waals surface area contributed by atoms with Gasteiger partial charge < -0.3 is 10.0 Å². The number of carboxylic acids is 1. The van der Waals surface area contributed by atoms with Crippen LogP contribution >= 0.6 is 15.9 Å². The predicted octanol–water partition coefficient (Wildman–Crippen LogP) is 2.31. The van der Waals surface area contributed by atoms with E-state index in [1.54, 1.807) is 24.1 Å². The molecular weight excluding hydrogens is 265 g/mol. The van der Waals surface area contributed by atoms with E-state index in [0.717, 1.165) is 10.2 Å². The summed E-state index contributed by atoms with van der Waals surface area (Å²) in [5, 5.41) is 8.41. The Morgan fingerprint density at radius 2 is 2.07 bits per heavy atom. The van der Waals surface area contributed by atoms with Gasteiger partial charge in [-0.15, -0.1) is 0 Å². The molecule has 0 radical (unpaired) electrons. The lowest BCUT2D eigenvalue weighted by molar-refractivity contribution is -0.142. The molecule has 0 aliphatic heterocycles. The van der Waals surface area contributed by atoms with Crippen LogP contribution in [0.25, 0.3) is 0 Å². The van der Waals surface area contributed by atoms with Gasteiger partial charge in [0, 0.05) is 17.2 Å². The standard InChI is InChI=1S/C10H11BrFNO2/c1-13(6-9(12)10(14)15)8-4-2-7(11)3-5-8/h2-5,9H,6H2,1H3,(H,14,15). The zero-order chi connectivity index (χ0) is 11.4.